The number of rotatable bonds is 8. The summed E-state index contributed by atoms with van der Waals surface area (Å²) in [6.07, 6.45) is 0.0878. The maximum atomic E-state index is 13.2. The van der Waals surface area contributed by atoms with Crippen molar-refractivity contribution in [2.75, 3.05) is 45.7 Å². The number of thiazole rings is 1. The number of piperazine rings is 1. The predicted molar refractivity (Wildman–Crippen MR) is 124 cm³/mol. The quantitative estimate of drug-likeness (QED) is 0.592. The van der Waals surface area contributed by atoms with Crippen LogP contribution in [0.5, 0.6) is 11.5 Å². The normalized spacial score (nSPS) is 14.9. The van der Waals surface area contributed by atoms with Crippen LogP contribution < -0.4 is 14.8 Å². The first-order valence-corrected chi connectivity index (χ1v) is 12.7. The van der Waals surface area contributed by atoms with Crippen molar-refractivity contribution in [2.45, 2.75) is 25.2 Å². The van der Waals surface area contributed by atoms with Gasteiger partial charge in [-0.05, 0) is 12.1 Å². The Labute approximate surface area is 197 Å². The number of anilines is 1. The van der Waals surface area contributed by atoms with Gasteiger partial charge in [0.2, 0.25) is 21.8 Å². The second-order valence-electron chi connectivity index (χ2n) is 7.77. The zero-order valence-corrected chi connectivity index (χ0v) is 20.7. The topological polar surface area (TPSA) is 118 Å². The molecule has 0 atom stereocenters. The fourth-order valence-corrected chi connectivity index (χ4v) is 5.57. The minimum atomic E-state index is -3.82. The molecule has 3 rings (SSSR count). The molecule has 0 saturated carbocycles. The summed E-state index contributed by atoms with van der Waals surface area (Å²) in [5.74, 6) is 0.211. The van der Waals surface area contributed by atoms with Gasteiger partial charge in [-0.15, -0.1) is 11.3 Å². The van der Waals surface area contributed by atoms with Crippen LogP contribution in [0.25, 0.3) is 0 Å². The summed E-state index contributed by atoms with van der Waals surface area (Å²) in [4.78, 5) is 30.5. The summed E-state index contributed by atoms with van der Waals surface area (Å²) in [6, 6.07) is 4.62. The molecule has 180 valence electrons. The number of benzene rings is 1. The maximum Gasteiger partial charge on any atom is 0.247 e. The van der Waals surface area contributed by atoms with Gasteiger partial charge in [0, 0.05) is 43.5 Å². The summed E-state index contributed by atoms with van der Waals surface area (Å²) in [7, 11) is -0.945. The van der Waals surface area contributed by atoms with Crippen molar-refractivity contribution in [3.05, 3.63) is 29.3 Å². The van der Waals surface area contributed by atoms with Crippen molar-refractivity contribution in [1.29, 1.82) is 0 Å². The first kappa shape index (κ1) is 24.9. The third kappa shape index (κ3) is 5.81. The Morgan fingerprint density at radius 2 is 1.85 bits per heavy atom. The highest BCUT2D eigenvalue weighted by Crippen LogP contribution is 2.31. The van der Waals surface area contributed by atoms with E-state index >= 15 is 0 Å². The molecule has 1 aliphatic heterocycles. The number of hydrogen-bond donors (Lipinski definition) is 1. The molecule has 1 aliphatic rings. The maximum absolute atomic E-state index is 13.2. The Balaban J connectivity index is 1.61. The van der Waals surface area contributed by atoms with E-state index in [9.17, 15) is 18.0 Å². The van der Waals surface area contributed by atoms with E-state index in [1.54, 1.807) is 36.3 Å². The molecule has 1 aromatic carbocycles. The van der Waals surface area contributed by atoms with Gasteiger partial charge in [-0.25, -0.2) is 13.4 Å². The standard InChI is InChI=1S/C21H28N4O6S2/c1-14(2)20(27)23-21-22-15(13-32-21)11-19(26)24-7-9-25(10-8-24)33(28,29)18-12-16(30-3)5-6-17(18)31-4/h5-6,12-14H,7-11H2,1-4H3,(H,22,23,27). The van der Waals surface area contributed by atoms with E-state index in [4.69, 9.17) is 9.47 Å². The Morgan fingerprint density at radius 3 is 2.45 bits per heavy atom. The minimum Gasteiger partial charge on any atom is -0.497 e. The molecule has 12 heteroatoms. The lowest BCUT2D eigenvalue weighted by Gasteiger charge is -2.34. The van der Waals surface area contributed by atoms with E-state index < -0.39 is 10.0 Å². The molecule has 0 aliphatic carbocycles. The molecule has 2 aromatic rings. The van der Waals surface area contributed by atoms with Crippen LogP contribution in [0.2, 0.25) is 0 Å². The average Bonchev–Trinajstić information content (AvgIpc) is 3.25. The van der Waals surface area contributed by atoms with Gasteiger partial charge < -0.3 is 19.7 Å². The monoisotopic (exact) mass is 496 g/mol. The Kier molecular flexibility index (Phi) is 7.92. The van der Waals surface area contributed by atoms with Crippen LogP contribution in [0.4, 0.5) is 5.13 Å². The lowest BCUT2D eigenvalue weighted by atomic mass is 10.2. The summed E-state index contributed by atoms with van der Waals surface area (Å²) < 4.78 is 38.1. The predicted octanol–water partition coefficient (Wildman–Crippen LogP) is 1.83. The van der Waals surface area contributed by atoms with Crippen molar-refractivity contribution >= 4 is 38.3 Å². The molecule has 0 unspecified atom stereocenters. The number of methoxy groups -OCH3 is 2. The highest BCUT2D eigenvalue weighted by molar-refractivity contribution is 7.89. The molecule has 1 aromatic heterocycles. The van der Waals surface area contributed by atoms with Crippen LogP contribution in [0, 0.1) is 5.92 Å². The molecule has 1 fully saturated rings. The van der Waals surface area contributed by atoms with Crippen LogP contribution >= 0.6 is 11.3 Å². The average molecular weight is 497 g/mol. The van der Waals surface area contributed by atoms with Crippen LogP contribution in [0.1, 0.15) is 19.5 Å². The number of aromatic nitrogens is 1. The lowest BCUT2D eigenvalue weighted by molar-refractivity contribution is -0.131. The fourth-order valence-electron chi connectivity index (χ4n) is 3.26. The minimum absolute atomic E-state index is 0.0302. The molecular formula is C21H28N4O6S2. The Morgan fingerprint density at radius 1 is 1.15 bits per heavy atom. The molecule has 0 bridgehead atoms. The number of nitrogens with one attached hydrogen (secondary N) is 1. The molecule has 2 heterocycles. The Bertz CT molecular complexity index is 1110. The number of ether oxygens (including phenoxy) is 2. The number of amides is 2. The molecule has 1 N–H and O–H groups in total. The van der Waals surface area contributed by atoms with Gasteiger partial charge in [-0.2, -0.15) is 4.31 Å². The largest absolute Gasteiger partial charge is 0.497 e. The summed E-state index contributed by atoms with van der Waals surface area (Å²) >= 11 is 1.27. The summed E-state index contributed by atoms with van der Waals surface area (Å²) in [6.45, 7) is 4.45. The molecule has 0 spiro atoms. The van der Waals surface area contributed by atoms with Gasteiger partial charge >= 0.3 is 0 Å². The highest BCUT2D eigenvalue weighted by Gasteiger charge is 2.32. The lowest BCUT2D eigenvalue weighted by Crippen LogP contribution is -2.50. The fraction of sp³-hybridized carbons (Fsp3) is 0.476. The summed E-state index contributed by atoms with van der Waals surface area (Å²) in [5.41, 5.74) is 0.570. The first-order valence-electron chi connectivity index (χ1n) is 10.4. The number of nitrogens with zero attached hydrogens (tertiary/aromatic N) is 3. The molecule has 33 heavy (non-hydrogen) atoms. The van der Waals surface area contributed by atoms with Crippen LogP contribution in [0.15, 0.2) is 28.5 Å². The molecule has 2 amide bonds. The number of sulfonamides is 1. The van der Waals surface area contributed by atoms with Gasteiger partial charge in [0.25, 0.3) is 0 Å². The highest BCUT2D eigenvalue weighted by atomic mass is 32.2. The molecule has 0 radical (unpaired) electrons. The zero-order chi connectivity index (χ0) is 24.2. The van der Waals surface area contributed by atoms with Crippen LogP contribution in [-0.2, 0) is 26.0 Å². The Hall–Kier alpha value is -2.70. The van der Waals surface area contributed by atoms with Crippen LogP contribution in [-0.4, -0.2) is 74.8 Å². The number of hydrogen-bond acceptors (Lipinski definition) is 8. The molecular weight excluding hydrogens is 468 g/mol. The summed E-state index contributed by atoms with van der Waals surface area (Å²) in [5, 5.41) is 4.92. The van der Waals surface area contributed by atoms with Gasteiger partial charge in [-0.1, -0.05) is 13.8 Å². The van der Waals surface area contributed by atoms with Crippen LogP contribution in [0.3, 0.4) is 0 Å². The van der Waals surface area contributed by atoms with E-state index in [1.165, 1.54) is 35.9 Å². The van der Waals surface area contributed by atoms with Gasteiger partial charge in [-0.3, -0.25) is 9.59 Å². The van der Waals surface area contributed by atoms with E-state index in [2.05, 4.69) is 10.3 Å². The van der Waals surface area contributed by atoms with Gasteiger partial charge in [0.05, 0.1) is 26.3 Å². The van der Waals surface area contributed by atoms with E-state index in [1.807, 2.05) is 0 Å². The second-order valence-corrected chi connectivity index (χ2v) is 10.5. The molecule has 10 nitrogen and oxygen atoms in total. The second kappa shape index (κ2) is 10.5. The van der Waals surface area contributed by atoms with Crippen molar-refractivity contribution in [3.8, 4) is 11.5 Å². The third-order valence-electron chi connectivity index (χ3n) is 5.22. The SMILES string of the molecule is COc1ccc(OC)c(S(=O)(=O)N2CCN(C(=O)Cc3csc(NC(=O)C(C)C)n3)CC2)c1. The van der Waals surface area contributed by atoms with Gasteiger partial charge in [0.15, 0.2) is 5.13 Å². The molecule has 1 saturated heterocycles. The third-order valence-corrected chi connectivity index (χ3v) is 7.94. The van der Waals surface area contributed by atoms with Crippen molar-refractivity contribution in [2.24, 2.45) is 5.92 Å². The van der Waals surface area contributed by atoms with Crippen molar-refractivity contribution in [1.82, 2.24) is 14.2 Å². The van der Waals surface area contributed by atoms with Gasteiger partial charge in [0.1, 0.15) is 16.4 Å². The van der Waals surface area contributed by atoms with Crippen molar-refractivity contribution in [3.63, 3.8) is 0 Å². The van der Waals surface area contributed by atoms with E-state index in [0.717, 1.165) is 0 Å². The van der Waals surface area contributed by atoms with E-state index in [-0.39, 0.29) is 61.0 Å². The zero-order valence-electron chi connectivity index (χ0n) is 19.0. The first-order chi connectivity index (χ1) is 15.6. The number of carbonyl (C=O) groups excluding carboxylic acids is 2. The van der Waals surface area contributed by atoms with E-state index in [0.29, 0.717) is 16.6 Å². The van der Waals surface area contributed by atoms with Crippen molar-refractivity contribution < 1.29 is 27.5 Å². The number of carbonyl (C=O) groups is 2. The smallest absolute Gasteiger partial charge is 0.247 e.